The molecule has 0 heterocycles. The molecule has 1 aromatic carbocycles. The van der Waals surface area contributed by atoms with Crippen LogP contribution < -0.4 is 4.74 Å². The third-order valence-electron chi connectivity index (χ3n) is 3.30. The van der Waals surface area contributed by atoms with Gasteiger partial charge in [-0.15, -0.1) is 0 Å². The lowest BCUT2D eigenvalue weighted by Crippen LogP contribution is -2.19. The van der Waals surface area contributed by atoms with E-state index in [-0.39, 0.29) is 29.7 Å². The molecule has 1 aromatic rings. The normalized spacial score (nSPS) is 15.4. The maximum atomic E-state index is 13.0. The van der Waals surface area contributed by atoms with Gasteiger partial charge in [0.15, 0.2) is 11.5 Å². The maximum Gasteiger partial charge on any atom is 0.311 e. The first-order chi connectivity index (χ1) is 9.08. The summed E-state index contributed by atoms with van der Waals surface area (Å²) in [6, 6.07) is 2.95. The second-order valence-corrected chi connectivity index (χ2v) is 4.61. The third kappa shape index (κ3) is 3.27. The van der Waals surface area contributed by atoms with Crippen molar-refractivity contribution < 1.29 is 18.8 Å². The van der Waals surface area contributed by atoms with Gasteiger partial charge in [-0.05, 0) is 18.9 Å². The van der Waals surface area contributed by atoms with Gasteiger partial charge in [-0.25, -0.2) is 4.39 Å². The van der Waals surface area contributed by atoms with Crippen LogP contribution in [0.5, 0.6) is 5.75 Å². The molecule has 1 aliphatic rings. The SMILES string of the molecule is O=C(COc1cc(F)ccc1[N+](=O)[O-])C1CCCC1. The van der Waals surface area contributed by atoms with E-state index in [0.717, 1.165) is 43.9 Å². The topological polar surface area (TPSA) is 69.4 Å². The Kier molecular flexibility index (Phi) is 4.09. The van der Waals surface area contributed by atoms with Crippen LogP contribution in [0.15, 0.2) is 18.2 Å². The molecular formula is C13H14FNO4. The van der Waals surface area contributed by atoms with Crippen molar-refractivity contribution in [2.24, 2.45) is 5.92 Å². The van der Waals surface area contributed by atoms with E-state index < -0.39 is 10.7 Å². The molecule has 0 atom stereocenters. The predicted octanol–water partition coefficient (Wildman–Crippen LogP) is 2.87. The van der Waals surface area contributed by atoms with Gasteiger partial charge in [-0.1, -0.05) is 12.8 Å². The van der Waals surface area contributed by atoms with Crippen LogP contribution in [-0.2, 0) is 4.79 Å². The molecule has 2 rings (SSSR count). The van der Waals surface area contributed by atoms with Gasteiger partial charge < -0.3 is 4.74 Å². The monoisotopic (exact) mass is 267 g/mol. The van der Waals surface area contributed by atoms with E-state index >= 15 is 0 Å². The highest BCUT2D eigenvalue weighted by atomic mass is 19.1. The van der Waals surface area contributed by atoms with E-state index in [1.807, 2.05) is 0 Å². The Balaban J connectivity index is 2.04. The Hall–Kier alpha value is -1.98. The summed E-state index contributed by atoms with van der Waals surface area (Å²) in [6.07, 6.45) is 3.73. The summed E-state index contributed by atoms with van der Waals surface area (Å²) in [5, 5.41) is 10.8. The Morgan fingerprint density at radius 2 is 2.11 bits per heavy atom. The lowest BCUT2D eigenvalue weighted by atomic mass is 10.0. The summed E-state index contributed by atoms with van der Waals surface area (Å²) in [5.74, 6) is -0.922. The van der Waals surface area contributed by atoms with Crippen molar-refractivity contribution in [2.75, 3.05) is 6.61 Å². The molecule has 0 bridgehead atoms. The average Bonchev–Trinajstić information content (AvgIpc) is 2.89. The predicted molar refractivity (Wildman–Crippen MR) is 65.5 cm³/mol. The van der Waals surface area contributed by atoms with Crippen molar-refractivity contribution in [1.29, 1.82) is 0 Å². The Labute approximate surface area is 109 Å². The average molecular weight is 267 g/mol. The number of carbonyl (C=O) groups is 1. The first-order valence-corrected chi connectivity index (χ1v) is 6.17. The number of nitro groups is 1. The highest BCUT2D eigenvalue weighted by molar-refractivity contribution is 5.82. The van der Waals surface area contributed by atoms with Crippen LogP contribution >= 0.6 is 0 Å². The minimum atomic E-state index is -0.658. The van der Waals surface area contributed by atoms with Crippen molar-refractivity contribution in [2.45, 2.75) is 25.7 Å². The number of hydrogen-bond acceptors (Lipinski definition) is 4. The largest absolute Gasteiger partial charge is 0.479 e. The van der Waals surface area contributed by atoms with Gasteiger partial charge in [-0.2, -0.15) is 0 Å². The first-order valence-electron chi connectivity index (χ1n) is 6.17. The molecule has 19 heavy (non-hydrogen) atoms. The third-order valence-corrected chi connectivity index (χ3v) is 3.30. The Bertz CT molecular complexity index is 497. The van der Waals surface area contributed by atoms with Crippen molar-refractivity contribution in [3.8, 4) is 5.75 Å². The Morgan fingerprint density at radius 3 is 2.74 bits per heavy atom. The van der Waals surface area contributed by atoms with Gasteiger partial charge >= 0.3 is 5.69 Å². The number of Topliss-reactive ketones (excluding diaryl/α,β-unsaturated/α-hetero) is 1. The van der Waals surface area contributed by atoms with E-state index in [1.165, 1.54) is 0 Å². The van der Waals surface area contributed by atoms with Crippen molar-refractivity contribution in [3.05, 3.63) is 34.1 Å². The number of halogens is 1. The summed E-state index contributed by atoms with van der Waals surface area (Å²) in [6.45, 7) is -0.241. The number of benzene rings is 1. The molecule has 1 aliphatic carbocycles. The van der Waals surface area contributed by atoms with Crippen molar-refractivity contribution in [3.63, 3.8) is 0 Å². The van der Waals surface area contributed by atoms with Gasteiger partial charge in [0.1, 0.15) is 12.4 Å². The molecule has 0 N–H and O–H groups in total. The van der Waals surface area contributed by atoms with E-state index in [0.29, 0.717) is 0 Å². The number of hydrogen-bond donors (Lipinski definition) is 0. The number of rotatable bonds is 5. The molecule has 1 saturated carbocycles. The highest BCUT2D eigenvalue weighted by Gasteiger charge is 2.24. The zero-order valence-electron chi connectivity index (χ0n) is 10.3. The number of nitrogens with zero attached hydrogens (tertiary/aromatic N) is 1. The lowest BCUT2D eigenvalue weighted by molar-refractivity contribution is -0.385. The second kappa shape index (κ2) is 5.77. The minimum Gasteiger partial charge on any atom is -0.479 e. The standard InChI is InChI=1S/C13H14FNO4/c14-10-5-6-11(15(17)18)13(7-10)19-8-12(16)9-3-1-2-4-9/h5-7,9H,1-4,8H2. The molecule has 0 spiro atoms. The fraction of sp³-hybridized carbons (Fsp3) is 0.462. The smallest absolute Gasteiger partial charge is 0.311 e. The molecule has 0 aliphatic heterocycles. The zero-order valence-corrected chi connectivity index (χ0v) is 10.3. The summed E-state index contributed by atoms with van der Waals surface area (Å²) in [7, 11) is 0. The molecule has 1 fully saturated rings. The number of ketones is 1. The fourth-order valence-electron chi connectivity index (χ4n) is 2.27. The van der Waals surface area contributed by atoms with Crippen LogP contribution in [-0.4, -0.2) is 17.3 Å². The summed E-state index contributed by atoms with van der Waals surface area (Å²) < 4.78 is 18.2. The van der Waals surface area contributed by atoms with E-state index in [2.05, 4.69) is 0 Å². The maximum absolute atomic E-state index is 13.0. The molecular weight excluding hydrogens is 253 g/mol. The van der Waals surface area contributed by atoms with E-state index in [9.17, 15) is 19.3 Å². The van der Waals surface area contributed by atoms with Gasteiger partial charge in [-0.3, -0.25) is 14.9 Å². The highest BCUT2D eigenvalue weighted by Crippen LogP contribution is 2.29. The summed E-state index contributed by atoms with van der Waals surface area (Å²) in [5.41, 5.74) is -0.333. The van der Waals surface area contributed by atoms with Crippen LogP contribution in [0.2, 0.25) is 0 Å². The second-order valence-electron chi connectivity index (χ2n) is 4.61. The molecule has 0 radical (unpaired) electrons. The van der Waals surface area contributed by atoms with Gasteiger partial charge in [0.25, 0.3) is 0 Å². The van der Waals surface area contributed by atoms with Crippen molar-refractivity contribution in [1.82, 2.24) is 0 Å². The molecule has 6 heteroatoms. The molecule has 0 saturated heterocycles. The molecule has 0 unspecified atom stereocenters. The van der Waals surface area contributed by atoms with Crippen LogP contribution in [0.25, 0.3) is 0 Å². The molecule has 0 aromatic heterocycles. The minimum absolute atomic E-state index is 0.0207. The first kappa shape index (κ1) is 13.5. The van der Waals surface area contributed by atoms with E-state index in [4.69, 9.17) is 4.74 Å². The van der Waals surface area contributed by atoms with Crippen LogP contribution in [0.3, 0.4) is 0 Å². The number of carbonyl (C=O) groups excluding carboxylic acids is 1. The zero-order chi connectivity index (χ0) is 13.8. The lowest BCUT2D eigenvalue weighted by Gasteiger charge is -2.09. The van der Waals surface area contributed by atoms with Crippen LogP contribution in [0.1, 0.15) is 25.7 Å². The van der Waals surface area contributed by atoms with E-state index in [1.54, 1.807) is 0 Å². The van der Waals surface area contributed by atoms with Gasteiger partial charge in [0, 0.05) is 18.1 Å². The Morgan fingerprint density at radius 1 is 1.42 bits per heavy atom. The number of nitro benzene ring substituents is 1. The van der Waals surface area contributed by atoms with Gasteiger partial charge in [0.05, 0.1) is 4.92 Å². The molecule has 0 amide bonds. The number of ether oxygens (including phenoxy) is 1. The molecule has 102 valence electrons. The fourth-order valence-corrected chi connectivity index (χ4v) is 2.27. The quantitative estimate of drug-likeness (QED) is 0.607. The summed E-state index contributed by atoms with van der Waals surface area (Å²) in [4.78, 5) is 21.9. The van der Waals surface area contributed by atoms with Crippen LogP contribution in [0, 0.1) is 21.8 Å². The van der Waals surface area contributed by atoms with Gasteiger partial charge in [0.2, 0.25) is 0 Å². The van der Waals surface area contributed by atoms with Crippen molar-refractivity contribution >= 4 is 11.5 Å². The molecule has 5 nitrogen and oxygen atoms in total. The van der Waals surface area contributed by atoms with Crippen LogP contribution in [0.4, 0.5) is 10.1 Å². The summed E-state index contributed by atoms with van der Waals surface area (Å²) >= 11 is 0.